The molecule has 0 aliphatic carbocycles. The van der Waals surface area contributed by atoms with Crippen LogP contribution >= 0.6 is 0 Å². The second-order valence-electron chi connectivity index (χ2n) is 6.56. The van der Waals surface area contributed by atoms with Crippen molar-refractivity contribution in [2.75, 3.05) is 19.0 Å². The van der Waals surface area contributed by atoms with E-state index in [1.54, 1.807) is 24.3 Å². The van der Waals surface area contributed by atoms with Crippen LogP contribution in [0.15, 0.2) is 42.5 Å². The van der Waals surface area contributed by atoms with Crippen molar-refractivity contribution in [1.29, 1.82) is 0 Å². The van der Waals surface area contributed by atoms with Crippen LogP contribution in [0.3, 0.4) is 0 Å². The van der Waals surface area contributed by atoms with Crippen LogP contribution in [0.25, 0.3) is 0 Å². The lowest BCUT2D eigenvalue weighted by molar-refractivity contribution is -0.0382. The van der Waals surface area contributed by atoms with Gasteiger partial charge in [-0.3, -0.25) is 0 Å². The van der Waals surface area contributed by atoms with E-state index in [1.807, 2.05) is 12.1 Å². The minimum atomic E-state index is -0.345. The van der Waals surface area contributed by atoms with Gasteiger partial charge in [-0.2, -0.15) is 0 Å². The van der Waals surface area contributed by atoms with Crippen LogP contribution in [0.2, 0.25) is 0 Å². The number of fused-ring (bicyclic) bond motifs is 3. The number of methoxy groups -OCH3 is 1. The van der Waals surface area contributed by atoms with Gasteiger partial charge in [-0.05, 0) is 48.7 Å². The summed E-state index contributed by atoms with van der Waals surface area (Å²) in [6.45, 7) is 0.700. The van der Waals surface area contributed by atoms with Gasteiger partial charge in [0.25, 0.3) is 0 Å². The lowest BCUT2D eigenvalue weighted by atomic mass is 9.77. The summed E-state index contributed by atoms with van der Waals surface area (Å²) in [6, 6.07) is 12.3. The van der Waals surface area contributed by atoms with Crippen LogP contribution in [-0.4, -0.2) is 19.7 Å². The van der Waals surface area contributed by atoms with Gasteiger partial charge < -0.3 is 14.8 Å². The summed E-state index contributed by atoms with van der Waals surface area (Å²) in [5.41, 5.74) is 3.42. The van der Waals surface area contributed by atoms with Crippen LogP contribution in [0.4, 0.5) is 10.1 Å². The van der Waals surface area contributed by atoms with Gasteiger partial charge in [0.05, 0.1) is 24.8 Å². The Morgan fingerprint density at radius 2 is 2.04 bits per heavy atom. The van der Waals surface area contributed by atoms with E-state index >= 15 is 0 Å². The molecule has 2 aliphatic rings. The summed E-state index contributed by atoms with van der Waals surface area (Å²) in [7, 11) is 1.37. The second kappa shape index (κ2) is 6.48. The topological polar surface area (TPSA) is 47.6 Å². The number of carbonyl (C=O) groups excluding carboxylic acids is 1. The standard InChI is InChI=1S/C20H20FNO3/c1-24-20(23)13-6-4-12(5-7-13)18-15-3-2-10-25-19(15)16-11-14(21)8-9-17(16)22-18/h4-9,11,15,18-19,22H,2-3,10H2,1H3/t15-,18+,19-/m1/s1. The summed E-state index contributed by atoms with van der Waals surface area (Å²) < 4.78 is 24.5. The summed E-state index contributed by atoms with van der Waals surface area (Å²) >= 11 is 0. The summed E-state index contributed by atoms with van der Waals surface area (Å²) in [6.07, 6.45) is 1.90. The van der Waals surface area contributed by atoms with Gasteiger partial charge in [-0.15, -0.1) is 0 Å². The molecule has 3 atom stereocenters. The van der Waals surface area contributed by atoms with Crippen LogP contribution < -0.4 is 5.32 Å². The number of esters is 1. The third-order valence-electron chi connectivity index (χ3n) is 5.12. The molecule has 4 rings (SSSR count). The first-order valence-electron chi connectivity index (χ1n) is 8.53. The number of benzene rings is 2. The molecular weight excluding hydrogens is 321 g/mol. The number of halogens is 1. The van der Waals surface area contributed by atoms with Crippen molar-refractivity contribution >= 4 is 11.7 Å². The number of hydrogen-bond acceptors (Lipinski definition) is 4. The van der Waals surface area contributed by atoms with E-state index in [4.69, 9.17) is 9.47 Å². The zero-order chi connectivity index (χ0) is 17.4. The van der Waals surface area contributed by atoms with E-state index in [-0.39, 0.29) is 29.9 Å². The Kier molecular flexibility index (Phi) is 4.17. The molecule has 2 aromatic rings. The molecular formula is C20H20FNO3. The number of anilines is 1. The molecule has 0 spiro atoms. The highest BCUT2D eigenvalue weighted by Gasteiger charge is 2.39. The van der Waals surface area contributed by atoms with Crippen molar-refractivity contribution in [3.63, 3.8) is 0 Å². The van der Waals surface area contributed by atoms with Gasteiger partial charge in [0.15, 0.2) is 0 Å². The molecule has 130 valence electrons. The fourth-order valence-corrected chi connectivity index (χ4v) is 3.92. The van der Waals surface area contributed by atoms with Gasteiger partial charge >= 0.3 is 5.97 Å². The second-order valence-corrected chi connectivity index (χ2v) is 6.56. The molecule has 0 radical (unpaired) electrons. The van der Waals surface area contributed by atoms with Crippen molar-refractivity contribution in [3.05, 3.63) is 65.0 Å². The molecule has 0 bridgehead atoms. The lowest BCUT2D eigenvalue weighted by Gasteiger charge is -2.43. The fraction of sp³-hybridized carbons (Fsp3) is 0.350. The molecule has 2 heterocycles. The molecule has 1 saturated heterocycles. The molecule has 2 aliphatic heterocycles. The van der Waals surface area contributed by atoms with Crippen LogP contribution in [-0.2, 0) is 9.47 Å². The van der Waals surface area contributed by atoms with Crippen molar-refractivity contribution < 1.29 is 18.7 Å². The molecule has 2 aromatic carbocycles. The number of hydrogen-bond donors (Lipinski definition) is 1. The van der Waals surface area contributed by atoms with E-state index in [2.05, 4.69) is 5.32 Å². The number of nitrogens with one attached hydrogen (secondary N) is 1. The third-order valence-corrected chi connectivity index (χ3v) is 5.12. The highest BCUT2D eigenvalue weighted by atomic mass is 19.1. The third kappa shape index (κ3) is 2.89. The van der Waals surface area contributed by atoms with Gasteiger partial charge in [0.1, 0.15) is 5.82 Å². The van der Waals surface area contributed by atoms with Gasteiger partial charge in [0, 0.05) is 23.8 Å². The van der Waals surface area contributed by atoms with Crippen LogP contribution in [0.5, 0.6) is 0 Å². The van der Waals surface area contributed by atoms with Crippen molar-refractivity contribution in [1.82, 2.24) is 0 Å². The Morgan fingerprint density at radius 1 is 1.24 bits per heavy atom. The summed E-state index contributed by atoms with van der Waals surface area (Å²) in [4.78, 5) is 11.6. The normalized spacial score (nSPS) is 24.6. The number of rotatable bonds is 2. The molecule has 4 nitrogen and oxygen atoms in total. The summed E-state index contributed by atoms with van der Waals surface area (Å²) in [5, 5.41) is 3.54. The Morgan fingerprint density at radius 3 is 2.80 bits per heavy atom. The zero-order valence-corrected chi connectivity index (χ0v) is 14.0. The van der Waals surface area contributed by atoms with Crippen LogP contribution in [0, 0.1) is 11.7 Å². The maximum Gasteiger partial charge on any atom is 0.337 e. The monoisotopic (exact) mass is 341 g/mol. The van der Waals surface area contributed by atoms with Crippen molar-refractivity contribution in [3.8, 4) is 0 Å². The number of ether oxygens (including phenoxy) is 2. The minimum absolute atomic E-state index is 0.0648. The zero-order valence-electron chi connectivity index (χ0n) is 14.0. The predicted molar refractivity (Wildman–Crippen MR) is 92.0 cm³/mol. The quantitative estimate of drug-likeness (QED) is 0.830. The predicted octanol–water partition coefficient (Wildman–Crippen LogP) is 4.25. The van der Waals surface area contributed by atoms with Crippen molar-refractivity contribution in [2.45, 2.75) is 25.0 Å². The Hall–Kier alpha value is -2.40. The molecule has 5 heteroatoms. The molecule has 0 unspecified atom stereocenters. The van der Waals surface area contributed by atoms with E-state index < -0.39 is 0 Å². The van der Waals surface area contributed by atoms with Gasteiger partial charge in [-0.25, -0.2) is 9.18 Å². The molecule has 1 N–H and O–H groups in total. The van der Waals surface area contributed by atoms with E-state index in [0.717, 1.165) is 29.7 Å². The Balaban J connectivity index is 1.69. The summed E-state index contributed by atoms with van der Waals surface area (Å²) in [5.74, 6) is -0.357. The van der Waals surface area contributed by atoms with Gasteiger partial charge in [-0.1, -0.05) is 12.1 Å². The SMILES string of the molecule is COC(=O)c1ccc([C@@H]2Nc3ccc(F)cc3[C@@H]3OCCC[C@H]23)cc1. The first-order valence-corrected chi connectivity index (χ1v) is 8.53. The molecule has 25 heavy (non-hydrogen) atoms. The Bertz CT molecular complexity index is 790. The average Bonchev–Trinajstić information content (AvgIpc) is 2.67. The van der Waals surface area contributed by atoms with E-state index in [0.29, 0.717) is 12.2 Å². The maximum atomic E-state index is 13.7. The molecule has 0 aromatic heterocycles. The Labute approximate surface area is 146 Å². The molecule has 0 amide bonds. The first-order chi connectivity index (χ1) is 12.2. The van der Waals surface area contributed by atoms with Crippen LogP contribution in [0.1, 0.15) is 46.5 Å². The highest BCUT2D eigenvalue weighted by molar-refractivity contribution is 5.89. The highest BCUT2D eigenvalue weighted by Crippen LogP contribution is 2.49. The first kappa shape index (κ1) is 16.1. The van der Waals surface area contributed by atoms with Crippen molar-refractivity contribution in [2.24, 2.45) is 5.92 Å². The molecule has 1 fully saturated rings. The minimum Gasteiger partial charge on any atom is -0.465 e. The molecule has 0 saturated carbocycles. The lowest BCUT2D eigenvalue weighted by Crippen LogP contribution is -2.36. The van der Waals surface area contributed by atoms with Gasteiger partial charge in [0.2, 0.25) is 0 Å². The fourth-order valence-electron chi connectivity index (χ4n) is 3.92. The average molecular weight is 341 g/mol. The largest absolute Gasteiger partial charge is 0.465 e. The smallest absolute Gasteiger partial charge is 0.337 e. The van der Waals surface area contributed by atoms with E-state index in [1.165, 1.54) is 13.2 Å². The van der Waals surface area contributed by atoms with E-state index in [9.17, 15) is 9.18 Å². The number of carbonyl (C=O) groups is 1. The maximum absolute atomic E-state index is 13.7.